The zero-order chi connectivity index (χ0) is 23.3. The van der Waals surface area contributed by atoms with Crippen LogP contribution in [0.5, 0.6) is 5.75 Å². The first-order chi connectivity index (χ1) is 15.3. The lowest BCUT2D eigenvalue weighted by molar-refractivity contribution is -0.113. The summed E-state index contributed by atoms with van der Waals surface area (Å²) in [5.41, 5.74) is 3.51. The van der Waals surface area contributed by atoms with Crippen LogP contribution in [-0.4, -0.2) is 39.4 Å². The molecule has 2 N–H and O–H groups in total. The number of hydrogen-bond donors (Lipinski definition) is 2. The number of anilines is 1. The number of hydrogen-bond acceptors (Lipinski definition) is 6. The van der Waals surface area contributed by atoms with Gasteiger partial charge in [0, 0.05) is 18.3 Å². The number of aryl methyl sites for hydroxylation is 1. The molecule has 0 bridgehead atoms. The highest BCUT2D eigenvalue weighted by Gasteiger charge is 2.19. The normalized spacial score (nSPS) is 11.7. The number of nitrogens with one attached hydrogen (secondary N) is 2. The SMILES string of the molecule is COc1ccc(C(=O)N[C@@H](C)c2nnc(SCC(=O)Nc3cccc(C)c3C)n2C)cc1. The van der Waals surface area contributed by atoms with Gasteiger partial charge in [0.25, 0.3) is 5.91 Å². The number of rotatable bonds is 8. The van der Waals surface area contributed by atoms with Crippen molar-refractivity contribution in [2.75, 3.05) is 18.2 Å². The van der Waals surface area contributed by atoms with Crippen molar-refractivity contribution >= 4 is 29.3 Å². The van der Waals surface area contributed by atoms with Crippen molar-refractivity contribution < 1.29 is 14.3 Å². The molecule has 0 aliphatic rings. The second kappa shape index (κ2) is 10.3. The fraction of sp³-hybridized carbons (Fsp3) is 0.304. The fourth-order valence-corrected chi connectivity index (χ4v) is 3.84. The van der Waals surface area contributed by atoms with Crippen molar-refractivity contribution in [3.63, 3.8) is 0 Å². The summed E-state index contributed by atoms with van der Waals surface area (Å²) in [7, 11) is 3.39. The number of ether oxygens (including phenoxy) is 1. The van der Waals surface area contributed by atoms with Crippen molar-refractivity contribution in [3.8, 4) is 5.75 Å². The summed E-state index contributed by atoms with van der Waals surface area (Å²) in [6.07, 6.45) is 0. The molecule has 9 heteroatoms. The van der Waals surface area contributed by atoms with E-state index in [9.17, 15) is 9.59 Å². The van der Waals surface area contributed by atoms with Crippen molar-refractivity contribution in [1.82, 2.24) is 20.1 Å². The van der Waals surface area contributed by atoms with E-state index in [0.29, 0.717) is 22.3 Å². The monoisotopic (exact) mass is 453 g/mol. The van der Waals surface area contributed by atoms with Gasteiger partial charge in [0.15, 0.2) is 11.0 Å². The molecule has 8 nitrogen and oxygen atoms in total. The minimum atomic E-state index is -0.361. The topological polar surface area (TPSA) is 98.1 Å². The summed E-state index contributed by atoms with van der Waals surface area (Å²) < 4.78 is 6.90. The maximum Gasteiger partial charge on any atom is 0.251 e. The standard InChI is InChI=1S/C23H27N5O3S/c1-14-7-6-8-19(15(14)2)25-20(29)13-32-23-27-26-21(28(23)4)16(3)24-22(30)17-9-11-18(31-5)12-10-17/h6-12,16H,13H2,1-5H3,(H,24,30)(H,25,29)/t16-/m0/s1. The molecular formula is C23H27N5O3S. The number of amides is 2. The van der Waals surface area contributed by atoms with Gasteiger partial charge in [-0.05, 0) is 62.2 Å². The summed E-state index contributed by atoms with van der Waals surface area (Å²) in [4.78, 5) is 24.9. The molecule has 0 radical (unpaired) electrons. The average Bonchev–Trinajstić information content (AvgIpc) is 3.16. The highest BCUT2D eigenvalue weighted by atomic mass is 32.2. The van der Waals surface area contributed by atoms with Crippen LogP contribution in [0.1, 0.15) is 40.3 Å². The van der Waals surface area contributed by atoms with Gasteiger partial charge in [-0.1, -0.05) is 23.9 Å². The van der Waals surface area contributed by atoms with Crippen LogP contribution in [0.15, 0.2) is 47.6 Å². The Hall–Kier alpha value is -3.33. The van der Waals surface area contributed by atoms with Gasteiger partial charge in [-0.25, -0.2) is 0 Å². The Morgan fingerprint density at radius 1 is 1.12 bits per heavy atom. The van der Waals surface area contributed by atoms with Gasteiger partial charge < -0.3 is 19.9 Å². The highest BCUT2D eigenvalue weighted by Crippen LogP contribution is 2.22. The number of benzene rings is 2. The van der Waals surface area contributed by atoms with Gasteiger partial charge in [0.05, 0.1) is 18.9 Å². The van der Waals surface area contributed by atoms with Crippen LogP contribution in [0, 0.1) is 13.8 Å². The van der Waals surface area contributed by atoms with E-state index in [4.69, 9.17) is 4.74 Å². The first-order valence-corrected chi connectivity index (χ1v) is 11.1. The molecule has 32 heavy (non-hydrogen) atoms. The van der Waals surface area contributed by atoms with Crippen molar-refractivity contribution in [2.45, 2.75) is 32.0 Å². The first-order valence-electron chi connectivity index (χ1n) is 10.1. The first kappa shape index (κ1) is 23.3. The maximum absolute atomic E-state index is 12.5. The summed E-state index contributed by atoms with van der Waals surface area (Å²) in [6, 6.07) is 12.3. The van der Waals surface area contributed by atoms with Crippen molar-refractivity contribution in [3.05, 3.63) is 65.0 Å². The van der Waals surface area contributed by atoms with E-state index in [1.54, 1.807) is 35.9 Å². The third-order valence-corrected chi connectivity index (χ3v) is 6.19. The van der Waals surface area contributed by atoms with Gasteiger partial charge >= 0.3 is 0 Å². The van der Waals surface area contributed by atoms with Gasteiger partial charge in [-0.3, -0.25) is 9.59 Å². The molecule has 2 aromatic carbocycles. The van der Waals surface area contributed by atoms with Gasteiger partial charge in [0.2, 0.25) is 5.91 Å². The molecule has 0 aliphatic heterocycles. The number of nitrogens with zero attached hydrogens (tertiary/aromatic N) is 3. The lowest BCUT2D eigenvalue weighted by Crippen LogP contribution is -2.28. The molecule has 0 spiro atoms. The lowest BCUT2D eigenvalue weighted by atomic mass is 10.1. The number of carbonyl (C=O) groups is 2. The number of thioether (sulfide) groups is 1. The summed E-state index contributed by atoms with van der Waals surface area (Å²) in [5, 5.41) is 14.8. The third-order valence-electron chi connectivity index (χ3n) is 5.17. The zero-order valence-corrected chi connectivity index (χ0v) is 19.6. The Morgan fingerprint density at radius 2 is 1.84 bits per heavy atom. The van der Waals surface area contributed by atoms with Crippen LogP contribution in [-0.2, 0) is 11.8 Å². The summed E-state index contributed by atoms with van der Waals surface area (Å²) >= 11 is 1.29. The van der Waals surface area contributed by atoms with E-state index >= 15 is 0 Å². The van der Waals surface area contributed by atoms with E-state index in [1.165, 1.54) is 11.8 Å². The molecule has 0 aliphatic carbocycles. The summed E-state index contributed by atoms with van der Waals surface area (Å²) in [5.74, 6) is 1.15. The second-order valence-electron chi connectivity index (χ2n) is 7.41. The van der Waals surface area contributed by atoms with Crippen molar-refractivity contribution in [2.24, 2.45) is 7.05 Å². The molecule has 1 atom stereocenters. The summed E-state index contributed by atoms with van der Waals surface area (Å²) in [6.45, 7) is 5.83. The highest BCUT2D eigenvalue weighted by molar-refractivity contribution is 7.99. The molecule has 3 aromatic rings. The van der Waals surface area contributed by atoms with E-state index < -0.39 is 0 Å². The predicted molar refractivity (Wildman–Crippen MR) is 125 cm³/mol. The fourth-order valence-electron chi connectivity index (χ4n) is 3.12. The lowest BCUT2D eigenvalue weighted by Gasteiger charge is -2.14. The average molecular weight is 454 g/mol. The molecule has 1 aromatic heterocycles. The largest absolute Gasteiger partial charge is 0.497 e. The Kier molecular flexibility index (Phi) is 7.53. The Morgan fingerprint density at radius 3 is 2.53 bits per heavy atom. The molecule has 1 heterocycles. The zero-order valence-electron chi connectivity index (χ0n) is 18.8. The molecule has 3 rings (SSSR count). The third kappa shape index (κ3) is 5.47. The Balaban J connectivity index is 1.58. The van der Waals surface area contributed by atoms with Gasteiger partial charge in [-0.2, -0.15) is 0 Å². The van der Waals surface area contributed by atoms with E-state index in [2.05, 4.69) is 20.8 Å². The van der Waals surface area contributed by atoms with Crippen molar-refractivity contribution in [1.29, 1.82) is 0 Å². The number of methoxy groups -OCH3 is 1. The molecule has 0 saturated carbocycles. The second-order valence-corrected chi connectivity index (χ2v) is 8.35. The van der Waals surface area contributed by atoms with Crippen LogP contribution in [0.4, 0.5) is 5.69 Å². The minimum Gasteiger partial charge on any atom is -0.497 e. The molecule has 0 saturated heterocycles. The minimum absolute atomic E-state index is 0.117. The molecule has 2 amide bonds. The Bertz CT molecular complexity index is 1110. The molecular weight excluding hydrogens is 426 g/mol. The molecule has 0 unspecified atom stereocenters. The van der Waals surface area contributed by atoms with E-state index in [1.807, 2.05) is 46.0 Å². The maximum atomic E-state index is 12.5. The van der Waals surface area contributed by atoms with Gasteiger partial charge in [0.1, 0.15) is 5.75 Å². The smallest absolute Gasteiger partial charge is 0.251 e. The van der Waals surface area contributed by atoms with E-state index in [0.717, 1.165) is 16.8 Å². The van der Waals surface area contributed by atoms with Crippen LogP contribution in [0.2, 0.25) is 0 Å². The van der Waals surface area contributed by atoms with E-state index in [-0.39, 0.29) is 23.6 Å². The number of carbonyl (C=O) groups excluding carboxylic acids is 2. The van der Waals surface area contributed by atoms with Gasteiger partial charge in [-0.15, -0.1) is 10.2 Å². The van der Waals surface area contributed by atoms with Crippen LogP contribution in [0.25, 0.3) is 0 Å². The Labute approximate surface area is 191 Å². The molecule has 0 fully saturated rings. The quantitative estimate of drug-likeness (QED) is 0.505. The predicted octanol–water partition coefficient (Wildman–Crippen LogP) is 3.66. The molecule has 168 valence electrons. The van der Waals surface area contributed by atoms with Crippen LogP contribution >= 0.6 is 11.8 Å². The van der Waals surface area contributed by atoms with Crippen LogP contribution < -0.4 is 15.4 Å². The van der Waals surface area contributed by atoms with Crippen LogP contribution in [0.3, 0.4) is 0 Å². The number of aromatic nitrogens is 3.